The Bertz CT molecular complexity index is 349. The molecule has 0 saturated carbocycles. The van der Waals surface area contributed by atoms with E-state index in [-0.39, 0.29) is 17.0 Å². The molecule has 4 nitrogen and oxygen atoms in total. The van der Waals surface area contributed by atoms with Gasteiger partial charge in [0.1, 0.15) is 12.4 Å². The van der Waals surface area contributed by atoms with Gasteiger partial charge in [0.05, 0.1) is 18.6 Å². The molecule has 0 radical (unpaired) electrons. The van der Waals surface area contributed by atoms with Gasteiger partial charge in [0.2, 0.25) is 5.91 Å². The van der Waals surface area contributed by atoms with Gasteiger partial charge in [0.15, 0.2) is 0 Å². The van der Waals surface area contributed by atoms with E-state index < -0.39 is 0 Å². The lowest BCUT2D eigenvalue weighted by molar-refractivity contribution is -0.136. The first-order chi connectivity index (χ1) is 7.58. The molecule has 0 bridgehead atoms. The number of amides is 1. The van der Waals surface area contributed by atoms with Crippen molar-refractivity contribution in [1.29, 1.82) is 0 Å². The van der Waals surface area contributed by atoms with E-state index in [9.17, 15) is 4.79 Å². The van der Waals surface area contributed by atoms with Gasteiger partial charge in [-0.25, -0.2) is 0 Å². The summed E-state index contributed by atoms with van der Waals surface area (Å²) >= 11 is 0. The maximum Gasteiger partial charge on any atom is 0.223 e. The Balaban J connectivity index is 1.92. The third-order valence-electron chi connectivity index (χ3n) is 4.56. The number of β-lactam (4-membered cyclic amide) rings is 1. The van der Waals surface area contributed by atoms with Crippen molar-refractivity contribution < 1.29 is 14.3 Å². The van der Waals surface area contributed by atoms with Crippen LogP contribution in [0.15, 0.2) is 12.2 Å². The monoisotopic (exact) mass is 223 g/mol. The molecule has 2 heterocycles. The Labute approximate surface area is 95.0 Å². The lowest BCUT2D eigenvalue weighted by Crippen LogP contribution is -2.68. The van der Waals surface area contributed by atoms with Crippen LogP contribution in [0.1, 0.15) is 20.3 Å². The van der Waals surface area contributed by atoms with E-state index in [1.54, 1.807) is 0 Å². The summed E-state index contributed by atoms with van der Waals surface area (Å²) in [5.41, 5.74) is -0.404. The van der Waals surface area contributed by atoms with E-state index in [2.05, 4.69) is 31.3 Å². The second-order valence-electron chi connectivity index (χ2n) is 5.24. The average Bonchev–Trinajstić information content (AvgIpc) is 2.68. The first-order valence-corrected chi connectivity index (χ1v) is 5.81. The lowest BCUT2D eigenvalue weighted by Gasteiger charge is -2.52. The molecule has 3 rings (SSSR count). The van der Waals surface area contributed by atoms with Crippen LogP contribution in [0.25, 0.3) is 0 Å². The Morgan fingerprint density at radius 3 is 2.69 bits per heavy atom. The van der Waals surface area contributed by atoms with Gasteiger partial charge in [0.25, 0.3) is 0 Å². The minimum absolute atomic E-state index is 0.131. The number of hydrogen-bond acceptors (Lipinski definition) is 3. The minimum atomic E-state index is -0.273. The molecule has 0 aromatic heterocycles. The number of rotatable bonds is 0. The molecular weight excluding hydrogens is 206 g/mol. The van der Waals surface area contributed by atoms with Crippen molar-refractivity contribution in [2.75, 3.05) is 13.4 Å². The summed E-state index contributed by atoms with van der Waals surface area (Å²) in [5.74, 6) is 0.862. The number of ether oxygens (including phenoxy) is 2. The van der Waals surface area contributed by atoms with E-state index >= 15 is 0 Å². The molecule has 2 spiro atoms. The maximum absolute atomic E-state index is 11.1. The Morgan fingerprint density at radius 2 is 2.12 bits per heavy atom. The SMILES string of the molecule is CC1C(C)C2(C=CC13CC(=O)N3)COCO2. The second kappa shape index (κ2) is 3.08. The largest absolute Gasteiger partial charge is 0.352 e. The number of nitrogens with one attached hydrogen (secondary N) is 1. The van der Waals surface area contributed by atoms with Gasteiger partial charge in [-0.15, -0.1) is 0 Å². The van der Waals surface area contributed by atoms with Crippen molar-refractivity contribution in [3.8, 4) is 0 Å². The highest BCUT2D eigenvalue weighted by molar-refractivity contribution is 5.86. The van der Waals surface area contributed by atoms with Crippen molar-refractivity contribution >= 4 is 5.91 Å². The standard InChI is InChI=1S/C12H17NO3/c1-8-9(2)12(6-15-7-16-12)4-3-11(8)5-10(14)13-11/h3-4,8-9H,5-7H2,1-2H3,(H,13,14). The van der Waals surface area contributed by atoms with Crippen LogP contribution in [-0.2, 0) is 14.3 Å². The molecule has 2 aliphatic heterocycles. The van der Waals surface area contributed by atoms with Gasteiger partial charge in [0, 0.05) is 0 Å². The van der Waals surface area contributed by atoms with Gasteiger partial charge in [-0.3, -0.25) is 4.79 Å². The fourth-order valence-corrected chi connectivity index (χ4v) is 3.10. The maximum atomic E-state index is 11.1. The third kappa shape index (κ3) is 1.14. The fraction of sp³-hybridized carbons (Fsp3) is 0.750. The van der Waals surface area contributed by atoms with E-state index in [0.717, 1.165) is 0 Å². The molecular formula is C12H17NO3. The van der Waals surface area contributed by atoms with E-state index in [4.69, 9.17) is 9.47 Å². The summed E-state index contributed by atoms with van der Waals surface area (Å²) < 4.78 is 11.1. The molecule has 1 N–H and O–H groups in total. The van der Waals surface area contributed by atoms with Crippen LogP contribution in [0, 0.1) is 11.8 Å². The molecule has 88 valence electrons. The van der Waals surface area contributed by atoms with Gasteiger partial charge in [-0.1, -0.05) is 26.0 Å². The number of carbonyl (C=O) groups is 1. The molecule has 4 unspecified atom stereocenters. The van der Waals surface area contributed by atoms with Crippen LogP contribution < -0.4 is 5.32 Å². The van der Waals surface area contributed by atoms with Crippen LogP contribution in [0.4, 0.5) is 0 Å². The fourth-order valence-electron chi connectivity index (χ4n) is 3.10. The van der Waals surface area contributed by atoms with Crippen molar-refractivity contribution in [2.45, 2.75) is 31.4 Å². The highest BCUT2D eigenvalue weighted by atomic mass is 16.7. The number of carbonyl (C=O) groups excluding carboxylic acids is 1. The summed E-state index contributed by atoms with van der Waals surface area (Å²) in [4.78, 5) is 11.1. The zero-order valence-electron chi connectivity index (χ0n) is 9.66. The summed E-state index contributed by atoms with van der Waals surface area (Å²) in [5, 5.41) is 3.02. The molecule has 1 aliphatic carbocycles. The van der Waals surface area contributed by atoms with Gasteiger partial charge in [-0.05, 0) is 11.8 Å². The van der Waals surface area contributed by atoms with Crippen LogP contribution >= 0.6 is 0 Å². The third-order valence-corrected chi connectivity index (χ3v) is 4.56. The van der Waals surface area contributed by atoms with Gasteiger partial charge in [-0.2, -0.15) is 0 Å². The highest BCUT2D eigenvalue weighted by Gasteiger charge is 2.55. The van der Waals surface area contributed by atoms with Crippen molar-refractivity contribution in [3.05, 3.63) is 12.2 Å². The molecule has 3 aliphatic rings. The summed E-state index contributed by atoms with van der Waals surface area (Å²) in [6.45, 7) is 5.35. The Kier molecular flexibility index (Phi) is 1.98. The second-order valence-corrected chi connectivity index (χ2v) is 5.24. The lowest BCUT2D eigenvalue weighted by atomic mass is 9.62. The summed E-state index contributed by atoms with van der Waals surface area (Å²) in [6, 6.07) is 0. The predicted octanol–water partition coefficient (Wildman–Crippen LogP) is 0.830. The average molecular weight is 223 g/mol. The smallest absolute Gasteiger partial charge is 0.223 e. The topological polar surface area (TPSA) is 47.6 Å². The summed E-state index contributed by atoms with van der Waals surface area (Å²) in [7, 11) is 0. The molecule has 16 heavy (non-hydrogen) atoms. The first kappa shape index (κ1) is 10.3. The predicted molar refractivity (Wildman–Crippen MR) is 57.6 cm³/mol. The quantitative estimate of drug-likeness (QED) is 0.489. The van der Waals surface area contributed by atoms with Gasteiger partial charge >= 0.3 is 0 Å². The molecule has 1 amide bonds. The van der Waals surface area contributed by atoms with Crippen molar-refractivity contribution in [1.82, 2.24) is 5.32 Å². The van der Waals surface area contributed by atoms with Crippen molar-refractivity contribution in [3.63, 3.8) is 0 Å². The first-order valence-electron chi connectivity index (χ1n) is 5.81. The van der Waals surface area contributed by atoms with Crippen LogP contribution in [0.5, 0.6) is 0 Å². The normalized spacial score (nSPS) is 50.8. The van der Waals surface area contributed by atoms with E-state index in [0.29, 0.717) is 31.7 Å². The Hall–Kier alpha value is -0.870. The van der Waals surface area contributed by atoms with Crippen LogP contribution in [0.3, 0.4) is 0 Å². The zero-order valence-corrected chi connectivity index (χ0v) is 9.66. The number of hydrogen-bond donors (Lipinski definition) is 1. The molecule has 2 fully saturated rings. The van der Waals surface area contributed by atoms with Crippen LogP contribution in [0.2, 0.25) is 0 Å². The highest BCUT2D eigenvalue weighted by Crippen LogP contribution is 2.46. The molecule has 0 aromatic rings. The molecule has 0 aromatic carbocycles. The van der Waals surface area contributed by atoms with Gasteiger partial charge < -0.3 is 14.8 Å². The Morgan fingerprint density at radius 1 is 1.38 bits per heavy atom. The summed E-state index contributed by atoms with van der Waals surface area (Å²) in [6.07, 6.45) is 4.80. The van der Waals surface area contributed by atoms with Crippen LogP contribution in [-0.4, -0.2) is 30.4 Å². The van der Waals surface area contributed by atoms with E-state index in [1.165, 1.54) is 0 Å². The molecule has 4 heteroatoms. The zero-order chi connectivity index (χ0) is 11.4. The minimum Gasteiger partial charge on any atom is -0.352 e. The molecule has 4 atom stereocenters. The van der Waals surface area contributed by atoms with Crippen molar-refractivity contribution in [2.24, 2.45) is 11.8 Å². The van der Waals surface area contributed by atoms with E-state index in [1.807, 2.05) is 0 Å². The molecule has 2 saturated heterocycles.